The van der Waals surface area contributed by atoms with Gasteiger partial charge in [0.2, 0.25) is 0 Å². The average Bonchev–Trinajstić information content (AvgIpc) is 3.21. The topological polar surface area (TPSA) is 72.4 Å². The van der Waals surface area contributed by atoms with Gasteiger partial charge in [0.05, 0.1) is 16.6 Å². The van der Waals surface area contributed by atoms with Gasteiger partial charge in [0.15, 0.2) is 0 Å². The molecule has 0 unspecified atom stereocenters. The van der Waals surface area contributed by atoms with E-state index in [1.54, 1.807) is 23.0 Å². The second-order valence-corrected chi connectivity index (χ2v) is 8.31. The van der Waals surface area contributed by atoms with E-state index < -0.39 is 23.9 Å². The van der Waals surface area contributed by atoms with Crippen molar-refractivity contribution in [3.8, 4) is 11.1 Å². The van der Waals surface area contributed by atoms with Crippen molar-refractivity contribution in [2.75, 3.05) is 0 Å². The molecule has 3 aromatic heterocycles. The number of nitrogens with two attached hydrogens (primary N) is 1. The molecule has 5 nitrogen and oxygen atoms in total. The Kier molecular flexibility index (Phi) is 4.65. The highest BCUT2D eigenvalue weighted by atomic mass is 35.5. The summed E-state index contributed by atoms with van der Waals surface area (Å²) in [7, 11) is 0. The number of hydrogen-bond acceptors (Lipinski definition) is 4. The Hall–Kier alpha value is -2.03. The van der Waals surface area contributed by atoms with E-state index in [9.17, 15) is 13.6 Å². The van der Waals surface area contributed by atoms with Crippen LogP contribution < -0.4 is 11.1 Å². The number of rotatable bonds is 3. The van der Waals surface area contributed by atoms with E-state index in [-0.39, 0.29) is 11.3 Å². The van der Waals surface area contributed by atoms with Gasteiger partial charge in [0, 0.05) is 29.8 Å². The molecule has 27 heavy (non-hydrogen) atoms. The number of thiophene rings is 1. The van der Waals surface area contributed by atoms with E-state index in [4.69, 9.17) is 17.3 Å². The maximum atomic E-state index is 14.1. The number of fused-ring (bicyclic) bond motifs is 1. The summed E-state index contributed by atoms with van der Waals surface area (Å²) in [6.45, 7) is 0. The maximum Gasteiger partial charge on any atom is 0.269 e. The SMILES string of the molecule is N[C@@H]1CCCC(F)(F)[C@@H]1NC(=O)c1cc(-c2cnn3ccccc23)c(Cl)s1. The van der Waals surface area contributed by atoms with Crippen molar-refractivity contribution in [3.63, 3.8) is 0 Å². The highest BCUT2D eigenvalue weighted by Gasteiger charge is 2.46. The predicted molar refractivity (Wildman–Crippen MR) is 102 cm³/mol. The Balaban J connectivity index is 1.62. The molecule has 0 spiro atoms. The molecular weight excluding hydrogens is 394 g/mol. The molecule has 0 saturated heterocycles. The minimum atomic E-state index is -3.01. The molecule has 1 fully saturated rings. The van der Waals surface area contributed by atoms with Gasteiger partial charge in [-0.1, -0.05) is 17.7 Å². The van der Waals surface area contributed by atoms with E-state index >= 15 is 0 Å². The minimum absolute atomic E-state index is 0.263. The normalized spacial score (nSPS) is 22.1. The summed E-state index contributed by atoms with van der Waals surface area (Å²) < 4.78 is 30.4. The Morgan fingerprint density at radius 3 is 3.00 bits per heavy atom. The summed E-state index contributed by atoms with van der Waals surface area (Å²) in [5.41, 5.74) is 8.08. The van der Waals surface area contributed by atoms with Gasteiger partial charge >= 0.3 is 0 Å². The summed E-state index contributed by atoms with van der Waals surface area (Å²) in [5.74, 6) is -3.61. The summed E-state index contributed by atoms with van der Waals surface area (Å²) in [6, 6.07) is 5.08. The number of halogens is 3. The van der Waals surface area contributed by atoms with Crippen LogP contribution in [0.25, 0.3) is 16.6 Å². The molecule has 0 radical (unpaired) electrons. The largest absolute Gasteiger partial charge is 0.341 e. The van der Waals surface area contributed by atoms with Crippen LogP contribution in [0.4, 0.5) is 8.78 Å². The van der Waals surface area contributed by atoms with Crippen LogP contribution in [0.1, 0.15) is 28.9 Å². The molecule has 0 aliphatic heterocycles. The molecule has 142 valence electrons. The van der Waals surface area contributed by atoms with Crippen LogP contribution >= 0.6 is 22.9 Å². The third-order valence-corrected chi connectivity index (χ3v) is 6.20. The number of amides is 1. The Morgan fingerprint density at radius 1 is 1.41 bits per heavy atom. The minimum Gasteiger partial charge on any atom is -0.341 e. The van der Waals surface area contributed by atoms with Crippen LogP contribution in [0.15, 0.2) is 36.7 Å². The number of nitrogens with one attached hydrogen (secondary N) is 1. The number of pyridine rings is 1. The van der Waals surface area contributed by atoms with Crippen LogP contribution in [0.5, 0.6) is 0 Å². The van der Waals surface area contributed by atoms with Gasteiger partial charge in [-0.25, -0.2) is 13.3 Å². The van der Waals surface area contributed by atoms with Crippen LogP contribution in [0.2, 0.25) is 4.34 Å². The third-order valence-electron chi connectivity index (χ3n) is 4.84. The molecule has 0 bridgehead atoms. The van der Waals surface area contributed by atoms with E-state index in [0.717, 1.165) is 22.4 Å². The zero-order chi connectivity index (χ0) is 19.2. The summed E-state index contributed by atoms with van der Waals surface area (Å²) >= 11 is 7.39. The molecule has 0 aromatic carbocycles. The standard InChI is InChI=1S/C18H17ClF2N4OS/c19-16-10(11-9-23-25-7-2-1-5-13(11)25)8-14(27-16)17(26)24-15-12(22)4-3-6-18(15,20)21/h1-2,5,7-9,12,15H,3-4,6,22H2,(H,24,26)/t12-,15-/m1/s1. The van der Waals surface area contributed by atoms with E-state index in [1.807, 2.05) is 18.2 Å². The molecule has 1 aliphatic carbocycles. The van der Waals surface area contributed by atoms with Gasteiger partial charge < -0.3 is 11.1 Å². The van der Waals surface area contributed by atoms with Crippen LogP contribution in [-0.2, 0) is 0 Å². The first-order chi connectivity index (χ1) is 12.9. The first kappa shape index (κ1) is 18.3. The third kappa shape index (κ3) is 3.33. The van der Waals surface area contributed by atoms with Gasteiger partial charge in [-0.2, -0.15) is 5.10 Å². The first-order valence-electron chi connectivity index (χ1n) is 8.53. The van der Waals surface area contributed by atoms with E-state index in [1.165, 1.54) is 0 Å². The van der Waals surface area contributed by atoms with Gasteiger partial charge in [-0.15, -0.1) is 11.3 Å². The van der Waals surface area contributed by atoms with Crippen molar-refractivity contribution in [1.29, 1.82) is 0 Å². The van der Waals surface area contributed by atoms with E-state index in [0.29, 0.717) is 22.7 Å². The van der Waals surface area contributed by atoms with Crippen molar-refractivity contribution in [2.24, 2.45) is 5.73 Å². The number of alkyl halides is 2. The number of carbonyl (C=O) groups excluding carboxylic acids is 1. The van der Waals surface area contributed by atoms with E-state index in [2.05, 4.69) is 10.4 Å². The van der Waals surface area contributed by atoms with Gasteiger partial charge in [-0.3, -0.25) is 4.79 Å². The summed E-state index contributed by atoms with van der Waals surface area (Å²) in [4.78, 5) is 12.8. The fourth-order valence-corrected chi connectivity index (χ4v) is 4.65. The molecule has 3 heterocycles. The summed E-state index contributed by atoms with van der Waals surface area (Å²) in [5, 5.41) is 6.67. The van der Waals surface area contributed by atoms with Crippen molar-refractivity contribution >= 4 is 34.4 Å². The highest BCUT2D eigenvalue weighted by molar-refractivity contribution is 7.18. The number of hydrogen-bond donors (Lipinski definition) is 2. The fraction of sp³-hybridized carbons (Fsp3) is 0.333. The average molecular weight is 411 g/mol. The molecule has 1 amide bonds. The highest BCUT2D eigenvalue weighted by Crippen LogP contribution is 2.38. The summed E-state index contributed by atoms with van der Waals surface area (Å²) in [6.07, 6.45) is 4.00. The molecular formula is C18H17ClF2N4OS. The van der Waals surface area contributed by atoms with Crippen molar-refractivity contribution < 1.29 is 13.6 Å². The smallest absolute Gasteiger partial charge is 0.269 e. The quantitative estimate of drug-likeness (QED) is 0.686. The Labute approximate surface area is 163 Å². The zero-order valence-corrected chi connectivity index (χ0v) is 15.7. The van der Waals surface area contributed by atoms with Crippen LogP contribution in [0.3, 0.4) is 0 Å². The Morgan fingerprint density at radius 2 is 2.22 bits per heavy atom. The lowest BCUT2D eigenvalue weighted by molar-refractivity contribution is -0.0674. The lowest BCUT2D eigenvalue weighted by atomic mass is 9.87. The first-order valence-corrected chi connectivity index (χ1v) is 9.72. The fourth-order valence-electron chi connectivity index (χ4n) is 3.44. The van der Waals surface area contributed by atoms with Crippen LogP contribution in [-0.4, -0.2) is 33.5 Å². The molecule has 2 atom stereocenters. The number of carbonyl (C=O) groups is 1. The van der Waals surface area contributed by atoms with Gasteiger partial charge in [0.25, 0.3) is 11.8 Å². The van der Waals surface area contributed by atoms with Crippen molar-refractivity contribution in [3.05, 3.63) is 45.9 Å². The lowest BCUT2D eigenvalue weighted by Gasteiger charge is -2.36. The van der Waals surface area contributed by atoms with Crippen molar-refractivity contribution in [1.82, 2.24) is 14.9 Å². The van der Waals surface area contributed by atoms with Crippen LogP contribution in [0, 0.1) is 0 Å². The van der Waals surface area contributed by atoms with Gasteiger partial charge in [-0.05, 0) is 31.0 Å². The molecule has 9 heteroatoms. The van der Waals surface area contributed by atoms with Gasteiger partial charge in [0.1, 0.15) is 10.4 Å². The molecule has 3 aromatic rings. The maximum absolute atomic E-state index is 14.1. The predicted octanol–water partition coefficient (Wildman–Crippen LogP) is 3.96. The molecule has 1 saturated carbocycles. The number of nitrogens with zero attached hydrogens (tertiary/aromatic N) is 2. The molecule has 3 N–H and O–H groups in total. The number of aromatic nitrogens is 2. The molecule has 1 aliphatic rings. The lowest BCUT2D eigenvalue weighted by Crippen LogP contribution is -2.59. The zero-order valence-electron chi connectivity index (χ0n) is 14.2. The molecule has 4 rings (SSSR count). The Bertz CT molecular complexity index is 1000. The monoisotopic (exact) mass is 410 g/mol. The second-order valence-electron chi connectivity index (χ2n) is 6.65. The van der Waals surface area contributed by atoms with Crippen molar-refractivity contribution in [2.45, 2.75) is 37.3 Å². The second kappa shape index (κ2) is 6.85.